The molecule has 0 bridgehead atoms. The molecule has 0 saturated carbocycles. The molecular weight excluding hydrogens is 673 g/mol. The fraction of sp³-hybridized carbons (Fsp3) is 1.00. The van der Waals surface area contributed by atoms with Crippen molar-refractivity contribution in [2.24, 2.45) is 0 Å². The molecule has 0 nitrogen and oxygen atoms in total. The molecule has 0 aromatic rings. The summed E-state index contributed by atoms with van der Waals surface area (Å²) >= 11 is 33.0. The predicted octanol–water partition coefficient (Wildman–Crippen LogP) is 9.70. The molecule has 0 aromatic heterocycles. The molecule has 0 radical (unpaired) electrons. The van der Waals surface area contributed by atoms with Crippen LogP contribution in [0.2, 0.25) is 0 Å². The van der Waals surface area contributed by atoms with Gasteiger partial charge in [-0.3, -0.25) is 0 Å². The molecule has 0 amide bonds. The second-order valence-corrected chi connectivity index (χ2v) is 23.6. The van der Waals surface area contributed by atoms with Gasteiger partial charge in [0.05, 0.1) is 13.7 Å². The van der Waals surface area contributed by atoms with E-state index >= 15 is 0 Å². The van der Waals surface area contributed by atoms with Gasteiger partial charge >= 0.3 is 0 Å². The van der Waals surface area contributed by atoms with E-state index < -0.39 is 0 Å². The van der Waals surface area contributed by atoms with Crippen LogP contribution < -0.4 is 0 Å². The maximum Gasteiger partial charge on any atom is 0.0532 e. The van der Waals surface area contributed by atoms with Gasteiger partial charge in [-0.2, -0.15) is 108 Å². The van der Waals surface area contributed by atoms with E-state index in [1.54, 1.807) is 0 Å². The third kappa shape index (κ3) is 24.8. The van der Waals surface area contributed by atoms with Gasteiger partial charge in [0, 0.05) is 67.5 Å². The molecule has 3 atom stereocenters. The smallest absolute Gasteiger partial charge is 0.0532 e. The highest BCUT2D eigenvalue weighted by molar-refractivity contribution is 8.33. The van der Waals surface area contributed by atoms with Gasteiger partial charge in [0.1, 0.15) is 0 Å². The Hall–Kier alpha value is 4.20. The van der Waals surface area contributed by atoms with Gasteiger partial charge in [0.25, 0.3) is 0 Å². The largest absolute Gasteiger partial charge is 0.175 e. The minimum absolute atomic E-state index is 0.517. The number of thioether (sulfide) groups is 9. The summed E-state index contributed by atoms with van der Waals surface area (Å²) in [6, 6.07) is 0. The maximum absolute atomic E-state index is 4.49. The first-order chi connectivity index (χ1) is 17.4. The average Bonchev–Trinajstić information content (AvgIpc) is 2.81. The molecule has 0 aromatic carbocycles. The van der Waals surface area contributed by atoms with Crippen molar-refractivity contribution in [2.75, 3.05) is 69.0 Å². The maximum atomic E-state index is 4.49. The van der Waals surface area contributed by atoms with Crippen molar-refractivity contribution in [3.05, 3.63) is 0 Å². The Balaban J connectivity index is 2.29. The van der Waals surface area contributed by atoms with Gasteiger partial charge in [0.15, 0.2) is 0 Å². The second-order valence-electron chi connectivity index (χ2n) is 8.67. The topological polar surface area (TPSA) is 0 Å². The highest BCUT2D eigenvalue weighted by Crippen LogP contribution is 2.51. The molecule has 216 valence electrons. The van der Waals surface area contributed by atoms with Gasteiger partial charge in [-0.05, 0) is 36.5 Å². The third-order valence-electron chi connectivity index (χ3n) is 4.60. The molecule has 0 N–H and O–H groups in total. The minimum Gasteiger partial charge on any atom is -0.175 e. The molecule has 1 fully saturated rings. The Morgan fingerprint density at radius 1 is 0.444 bits per heavy atom. The lowest BCUT2D eigenvalue weighted by Crippen LogP contribution is -2.20. The lowest BCUT2D eigenvalue weighted by molar-refractivity contribution is 0.992. The molecule has 0 spiro atoms. The van der Waals surface area contributed by atoms with Crippen LogP contribution in [0.4, 0.5) is 0 Å². The summed E-state index contributed by atoms with van der Waals surface area (Å²) in [5, 5.41) is 1.55. The van der Waals surface area contributed by atoms with Crippen LogP contribution in [-0.4, -0.2) is 98.5 Å². The first kappa shape index (κ1) is 38.2. The van der Waals surface area contributed by atoms with E-state index in [-0.39, 0.29) is 0 Å². The Kier molecular flexibility index (Phi) is 28.5. The summed E-state index contributed by atoms with van der Waals surface area (Å²) in [7, 11) is 0. The van der Waals surface area contributed by atoms with E-state index in [0.29, 0.717) is 15.7 Å². The Labute approximate surface area is 279 Å². The molecule has 3 unspecified atom stereocenters. The van der Waals surface area contributed by atoms with E-state index in [2.05, 4.69) is 165 Å². The highest BCUT2D eigenvalue weighted by Gasteiger charge is 2.30. The van der Waals surface area contributed by atoms with Crippen molar-refractivity contribution in [2.45, 2.75) is 69.5 Å². The van der Waals surface area contributed by atoms with Gasteiger partial charge < -0.3 is 0 Å². The lowest BCUT2D eigenvalue weighted by Gasteiger charge is -2.34. The number of thiol groups is 3. The SMILES string of the molecule is CC(S)CSCCSCCC1SC(CCSCCSCC(C)S)SC(CCSCCSCC(C)S)S1. The molecule has 0 aliphatic carbocycles. The van der Waals surface area contributed by atoms with Crippen LogP contribution in [0.1, 0.15) is 40.0 Å². The lowest BCUT2D eigenvalue weighted by atomic mass is 10.5. The van der Waals surface area contributed by atoms with E-state index in [0.717, 1.165) is 13.7 Å². The van der Waals surface area contributed by atoms with Crippen molar-refractivity contribution >= 4 is 144 Å². The van der Waals surface area contributed by atoms with Crippen molar-refractivity contribution in [1.82, 2.24) is 0 Å². The number of hydrogen-bond donors (Lipinski definition) is 3. The number of hydrogen-bond acceptors (Lipinski definition) is 12. The van der Waals surface area contributed by atoms with E-state index in [9.17, 15) is 0 Å². The normalized spacial score (nSPS) is 23.0. The fourth-order valence-electron chi connectivity index (χ4n) is 2.97. The summed E-state index contributed by atoms with van der Waals surface area (Å²) in [5.41, 5.74) is 0. The first-order valence-corrected chi connectivity index (χ1v) is 24.1. The third-order valence-corrected chi connectivity index (χ3v) is 18.6. The van der Waals surface area contributed by atoms with E-state index in [4.69, 9.17) is 0 Å². The van der Waals surface area contributed by atoms with Gasteiger partial charge in [0.2, 0.25) is 0 Å². The summed E-state index contributed by atoms with van der Waals surface area (Å²) in [4.78, 5) is 0. The van der Waals surface area contributed by atoms with E-state index in [1.165, 1.54) is 88.3 Å². The van der Waals surface area contributed by atoms with Crippen LogP contribution in [-0.2, 0) is 0 Å². The van der Waals surface area contributed by atoms with Crippen LogP contribution in [0.25, 0.3) is 0 Å². The second kappa shape index (κ2) is 26.8. The van der Waals surface area contributed by atoms with Crippen LogP contribution in [0.5, 0.6) is 0 Å². The molecule has 1 aliphatic rings. The molecule has 1 heterocycles. The molecular formula is C24H48S12. The Morgan fingerprint density at radius 2 is 0.694 bits per heavy atom. The standard InChI is InChI=1S/C24H48S12/c1-19(25)16-31-13-10-28-7-4-22-34-23(5-8-29-11-14-32-17-20(2)26)36-24(35-22)6-9-30-12-15-33-18-21(3)27/h19-27H,4-18H2,1-3H3. The monoisotopic (exact) mass is 720 g/mol. The molecule has 36 heavy (non-hydrogen) atoms. The van der Waals surface area contributed by atoms with Crippen LogP contribution in [0.3, 0.4) is 0 Å². The predicted molar refractivity (Wildman–Crippen MR) is 207 cm³/mol. The van der Waals surface area contributed by atoms with Crippen molar-refractivity contribution in [3.63, 3.8) is 0 Å². The Morgan fingerprint density at radius 3 is 0.944 bits per heavy atom. The number of rotatable bonds is 24. The minimum atomic E-state index is 0.517. The zero-order valence-corrected chi connectivity index (χ0v) is 32.1. The van der Waals surface area contributed by atoms with E-state index in [1.807, 2.05) is 0 Å². The van der Waals surface area contributed by atoms with Crippen molar-refractivity contribution in [3.8, 4) is 0 Å². The average molecular weight is 721 g/mol. The quantitative estimate of drug-likeness (QED) is 0.0653. The van der Waals surface area contributed by atoms with Crippen LogP contribution in [0, 0.1) is 0 Å². The van der Waals surface area contributed by atoms with Gasteiger partial charge in [-0.1, -0.05) is 20.8 Å². The van der Waals surface area contributed by atoms with Crippen molar-refractivity contribution in [1.29, 1.82) is 0 Å². The fourth-order valence-corrected chi connectivity index (χ4v) is 17.3. The summed E-state index contributed by atoms with van der Waals surface area (Å²) in [5.74, 6) is 15.1. The molecule has 12 heteroatoms. The van der Waals surface area contributed by atoms with Gasteiger partial charge in [-0.15, -0.1) is 35.3 Å². The Bertz CT molecular complexity index is 407. The molecule has 1 aliphatic heterocycles. The first-order valence-electron chi connectivity index (χ1n) is 12.8. The summed E-state index contributed by atoms with van der Waals surface area (Å²) < 4.78 is 2.36. The van der Waals surface area contributed by atoms with Crippen LogP contribution >= 0.6 is 144 Å². The van der Waals surface area contributed by atoms with Crippen LogP contribution in [0.15, 0.2) is 0 Å². The molecule has 1 saturated heterocycles. The molecule has 1 rings (SSSR count). The van der Waals surface area contributed by atoms with Gasteiger partial charge in [-0.25, -0.2) is 0 Å². The zero-order chi connectivity index (χ0) is 26.4. The van der Waals surface area contributed by atoms with Crippen molar-refractivity contribution < 1.29 is 0 Å². The highest BCUT2D eigenvalue weighted by atomic mass is 32.3. The zero-order valence-electron chi connectivity index (χ0n) is 22.1. The summed E-state index contributed by atoms with van der Waals surface area (Å²) in [6.07, 6.45) is 4.08. The summed E-state index contributed by atoms with van der Waals surface area (Å²) in [6.45, 7) is 6.57.